The Bertz CT molecular complexity index is 754. The van der Waals surface area contributed by atoms with E-state index in [1.807, 2.05) is 7.05 Å². The Balaban J connectivity index is 2.32. The van der Waals surface area contributed by atoms with Gasteiger partial charge in [0, 0.05) is 20.0 Å². The number of para-hydroxylation sites is 1. The van der Waals surface area contributed by atoms with Crippen LogP contribution in [-0.4, -0.2) is 27.5 Å². The summed E-state index contributed by atoms with van der Waals surface area (Å²) >= 11 is 3.73. The van der Waals surface area contributed by atoms with Crippen LogP contribution in [0.15, 0.2) is 22.8 Å². The maximum absolute atomic E-state index is 4.78. The molecule has 0 atom stereocenters. The maximum atomic E-state index is 4.78. The second-order valence-corrected chi connectivity index (χ2v) is 5.59. The third-order valence-electron chi connectivity index (χ3n) is 3.62. The third-order valence-corrected chi connectivity index (χ3v) is 4.43. The van der Waals surface area contributed by atoms with Gasteiger partial charge in [0.1, 0.15) is 4.60 Å². The number of imidazole rings is 2. The first-order chi connectivity index (χ1) is 9.15. The summed E-state index contributed by atoms with van der Waals surface area (Å²) in [6.45, 7) is 3.06. The quantitative estimate of drug-likeness (QED) is 0.805. The summed E-state index contributed by atoms with van der Waals surface area (Å²) in [7, 11) is 4.05. The van der Waals surface area contributed by atoms with E-state index in [0.717, 1.165) is 34.4 Å². The Morgan fingerprint density at radius 2 is 2.16 bits per heavy atom. The molecule has 2 heterocycles. The molecular weight excluding hydrogens is 304 g/mol. The monoisotopic (exact) mass is 320 g/mol. The summed E-state index contributed by atoms with van der Waals surface area (Å²) in [6, 6.07) is 6.30. The lowest BCUT2D eigenvalue weighted by atomic mass is 10.2. The minimum absolute atomic E-state index is 0.955. The normalized spacial score (nSPS) is 11.8. The number of nitrogens with zero attached hydrogens (tertiary/aromatic N) is 3. The molecule has 4 nitrogen and oxygen atoms in total. The molecular formula is C14H17BrN4. The molecule has 1 N–H and O–H groups in total. The lowest BCUT2D eigenvalue weighted by Gasteiger charge is -2.03. The Labute approximate surface area is 120 Å². The van der Waals surface area contributed by atoms with Crippen molar-refractivity contribution in [2.75, 3.05) is 13.6 Å². The Hall–Kier alpha value is -1.33. The van der Waals surface area contributed by atoms with Crippen molar-refractivity contribution in [1.82, 2.24) is 19.3 Å². The summed E-state index contributed by atoms with van der Waals surface area (Å²) in [5.41, 5.74) is 4.72. The van der Waals surface area contributed by atoms with E-state index >= 15 is 0 Å². The van der Waals surface area contributed by atoms with Crippen molar-refractivity contribution in [2.24, 2.45) is 7.05 Å². The fraction of sp³-hybridized carbons (Fsp3) is 0.357. The number of aromatic nitrogens is 3. The van der Waals surface area contributed by atoms with Gasteiger partial charge in [0.2, 0.25) is 5.78 Å². The molecule has 1 aromatic carbocycles. The number of hydrogen-bond donors (Lipinski definition) is 1. The van der Waals surface area contributed by atoms with Gasteiger partial charge in [-0.1, -0.05) is 12.1 Å². The largest absolute Gasteiger partial charge is 0.319 e. The number of rotatable bonds is 3. The number of halogens is 1. The van der Waals surface area contributed by atoms with E-state index in [1.54, 1.807) is 0 Å². The fourth-order valence-electron chi connectivity index (χ4n) is 2.55. The van der Waals surface area contributed by atoms with Gasteiger partial charge in [-0.05, 0) is 41.5 Å². The van der Waals surface area contributed by atoms with Gasteiger partial charge >= 0.3 is 0 Å². The molecule has 0 aliphatic carbocycles. The highest BCUT2D eigenvalue weighted by Gasteiger charge is 2.17. The van der Waals surface area contributed by atoms with E-state index in [-0.39, 0.29) is 0 Å². The van der Waals surface area contributed by atoms with E-state index in [1.165, 1.54) is 11.3 Å². The first-order valence-electron chi connectivity index (χ1n) is 6.40. The molecule has 0 saturated carbocycles. The number of aryl methyl sites for hydroxylation is 2. The van der Waals surface area contributed by atoms with Crippen LogP contribution in [-0.2, 0) is 13.5 Å². The van der Waals surface area contributed by atoms with Crippen LogP contribution in [0.25, 0.3) is 16.8 Å². The Kier molecular flexibility index (Phi) is 3.11. The van der Waals surface area contributed by atoms with Crippen LogP contribution < -0.4 is 5.32 Å². The molecule has 0 aliphatic rings. The third kappa shape index (κ3) is 1.80. The minimum atomic E-state index is 0.955. The van der Waals surface area contributed by atoms with E-state index in [4.69, 9.17) is 4.98 Å². The van der Waals surface area contributed by atoms with Crippen molar-refractivity contribution in [3.05, 3.63) is 34.1 Å². The lowest BCUT2D eigenvalue weighted by molar-refractivity contribution is 0.741. The van der Waals surface area contributed by atoms with Gasteiger partial charge in [-0.3, -0.25) is 4.40 Å². The Morgan fingerprint density at radius 1 is 1.37 bits per heavy atom. The molecule has 0 amide bonds. The van der Waals surface area contributed by atoms with Gasteiger partial charge in [-0.15, -0.1) is 0 Å². The van der Waals surface area contributed by atoms with Crippen molar-refractivity contribution >= 4 is 32.7 Å². The van der Waals surface area contributed by atoms with Gasteiger partial charge in [0.15, 0.2) is 0 Å². The molecule has 5 heteroatoms. The average molecular weight is 321 g/mol. The highest BCUT2D eigenvalue weighted by atomic mass is 79.9. The van der Waals surface area contributed by atoms with Crippen LogP contribution in [0.3, 0.4) is 0 Å². The topological polar surface area (TPSA) is 34.3 Å². The van der Waals surface area contributed by atoms with Crippen LogP contribution in [0.5, 0.6) is 0 Å². The first-order valence-corrected chi connectivity index (χ1v) is 7.20. The summed E-state index contributed by atoms with van der Waals surface area (Å²) in [6.07, 6.45) is 0.976. The zero-order chi connectivity index (χ0) is 13.6. The van der Waals surface area contributed by atoms with E-state index < -0.39 is 0 Å². The van der Waals surface area contributed by atoms with Gasteiger partial charge in [-0.2, -0.15) is 0 Å². The van der Waals surface area contributed by atoms with E-state index in [2.05, 4.69) is 62.4 Å². The highest BCUT2D eigenvalue weighted by molar-refractivity contribution is 9.10. The fourth-order valence-corrected chi connectivity index (χ4v) is 3.36. The van der Waals surface area contributed by atoms with E-state index in [0.29, 0.717) is 0 Å². The van der Waals surface area contributed by atoms with Crippen molar-refractivity contribution in [3.63, 3.8) is 0 Å². The summed E-state index contributed by atoms with van der Waals surface area (Å²) < 4.78 is 5.46. The van der Waals surface area contributed by atoms with Gasteiger partial charge in [0.05, 0.1) is 16.7 Å². The second-order valence-electron chi connectivity index (χ2n) is 4.84. The Morgan fingerprint density at radius 3 is 2.89 bits per heavy atom. The van der Waals surface area contributed by atoms with Gasteiger partial charge in [-0.25, -0.2) is 4.98 Å². The molecule has 0 saturated heterocycles. The number of benzene rings is 1. The standard InChI is InChI=1S/C14H17BrN4/c1-9-5-4-6-10-12(9)17-14-18(3)11(7-8-16-2)13(15)19(10)14/h4-6,16H,7-8H2,1-3H3. The molecule has 0 bridgehead atoms. The van der Waals surface area contributed by atoms with E-state index in [9.17, 15) is 0 Å². The molecule has 2 aromatic heterocycles. The molecule has 0 unspecified atom stereocenters. The average Bonchev–Trinajstić information content (AvgIpc) is 2.88. The number of fused-ring (bicyclic) bond motifs is 3. The molecule has 0 fully saturated rings. The first kappa shape index (κ1) is 12.7. The molecule has 0 aliphatic heterocycles. The maximum Gasteiger partial charge on any atom is 0.215 e. The second kappa shape index (κ2) is 4.65. The smallest absolute Gasteiger partial charge is 0.215 e. The van der Waals surface area contributed by atoms with Crippen LogP contribution in [0, 0.1) is 6.92 Å². The van der Waals surface area contributed by atoms with Crippen LogP contribution in [0.4, 0.5) is 0 Å². The van der Waals surface area contributed by atoms with Crippen molar-refractivity contribution in [2.45, 2.75) is 13.3 Å². The SMILES string of the molecule is CNCCc1c(Br)n2c3cccc(C)c3nc2n1C. The molecule has 3 rings (SSSR count). The van der Waals surface area contributed by atoms with Gasteiger partial charge in [0.25, 0.3) is 0 Å². The number of hydrogen-bond acceptors (Lipinski definition) is 2. The minimum Gasteiger partial charge on any atom is -0.319 e. The zero-order valence-electron chi connectivity index (χ0n) is 11.4. The van der Waals surface area contributed by atoms with Crippen LogP contribution in [0.1, 0.15) is 11.3 Å². The number of nitrogens with one attached hydrogen (secondary N) is 1. The molecule has 0 spiro atoms. The molecule has 3 aromatic rings. The summed E-state index contributed by atoms with van der Waals surface area (Å²) in [5.74, 6) is 0.988. The molecule has 0 radical (unpaired) electrons. The van der Waals surface area contributed by atoms with Gasteiger partial charge < -0.3 is 9.88 Å². The van der Waals surface area contributed by atoms with Crippen molar-refractivity contribution in [1.29, 1.82) is 0 Å². The number of likely N-dealkylation sites (N-methyl/N-ethyl adjacent to an activating group) is 1. The predicted molar refractivity (Wildman–Crippen MR) is 81.7 cm³/mol. The lowest BCUT2D eigenvalue weighted by Crippen LogP contribution is -2.12. The molecule has 19 heavy (non-hydrogen) atoms. The van der Waals surface area contributed by atoms with Crippen LogP contribution in [0.2, 0.25) is 0 Å². The van der Waals surface area contributed by atoms with Crippen LogP contribution >= 0.6 is 15.9 Å². The summed E-state index contributed by atoms with van der Waals surface area (Å²) in [4.78, 5) is 4.78. The highest BCUT2D eigenvalue weighted by Crippen LogP contribution is 2.28. The molecule has 100 valence electrons. The van der Waals surface area contributed by atoms with Crippen molar-refractivity contribution in [3.8, 4) is 0 Å². The summed E-state index contributed by atoms with van der Waals surface area (Å²) in [5, 5.41) is 3.19. The van der Waals surface area contributed by atoms with Crippen molar-refractivity contribution < 1.29 is 0 Å². The predicted octanol–water partition coefficient (Wildman–Crippen LogP) is 2.66. The zero-order valence-corrected chi connectivity index (χ0v) is 13.0.